The molecule has 0 N–H and O–H groups in total. The second-order valence-electron chi connectivity index (χ2n) is 8.49. The van der Waals surface area contributed by atoms with Gasteiger partial charge in [0.1, 0.15) is 0 Å². The first kappa shape index (κ1) is 21.5. The van der Waals surface area contributed by atoms with Crippen LogP contribution in [0.1, 0.15) is 29.8 Å². The Kier molecular flexibility index (Phi) is 6.28. The third-order valence-electron chi connectivity index (χ3n) is 6.05. The number of aryl methyl sites for hydroxylation is 2. The zero-order chi connectivity index (χ0) is 22.6. The molecule has 0 bridgehead atoms. The number of aromatic nitrogens is 4. The van der Waals surface area contributed by atoms with Crippen molar-refractivity contribution < 1.29 is 9.05 Å². The summed E-state index contributed by atoms with van der Waals surface area (Å²) in [7, 11) is 0. The van der Waals surface area contributed by atoms with Crippen molar-refractivity contribution in [3.8, 4) is 22.8 Å². The first-order valence-electron chi connectivity index (χ1n) is 11.4. The molecule has 5 rings (SSSR count). The van der Waals surface area contributed by atoms with Crippen LogP contribution in [0.3, 0.4) is 0 Å². The maximum absolute atomic E-state index is 5.50. The van der Waals surface area contributed by atoms with Crippen molar-refractivity contribution in [3.05, 3.63) is 71.4 Å². The van der Waals surface area contributed by atoms with Crippen LogP contribution in [0.4, 0.5) is 0 Å². The van der Waals surface area contributed by atoms with E-state index in [9.17, 15) is 0 Å². The summed E-state index contributed by atoms with van der Waals surface area (Å²) in [6.45, 7) is 9.20. The molecular weight excluding hydrogens is 416 g/mol. The number of hydrogen-bond acceptors (Lipinski definition) is 8. The van der Waals surface area contributed by atoms with Crippen molar-refractivity contribution in [2.45, 2.75) is 33.4 Å². The summed E-state index contributed by atoms with van der Waals surface area (Å²) in [4.78, 5) is 13.8. The van der Waals surface area contributed by atoms with Crippen LogP contribution in [-0.2, 0) is 19.5 Å². The monoisotopic (exact) mass is 444 g/mol. The smallest absolute Gasteiger partial charge is 0.241 e. The average Bonchev–Trinajstić information content (AvgIpc) is 3.51. The molecule has 3 heterocycles. The van der Waals surface area contributed by atoms with Crippen molar-refractivity contribution in [1.29, 1.82) is 0 Å². The molecule has 0 radical (unpaired) electrons. The molecule has 1 fully saturated rings. The summed E-state index contributed by atoms with van der Waals surface area (Å²) in [6.07, 6.45) is 1.02. The lowest BCUT2D eigenvalue weighted by Crippen LogP contribution is -2.45. The third-order valence-corrected chi connectivity index (χ3v) is 6.05. The Morgan fingerprint density at radius 2 is 1.15 bits per heavy atom. The zero-order valence-corrected chi connectivity index (χ0v) is 19.1. The van der Waals surface area contributed by atoms with Gasteiger partial charge in [0.05, 0.1) is 13.1 Å². The van der Waals surface area contributed by atoms with E-state index in [1.165, 1.54) is 11.1 Å². The van der Waals surface area contributed by atoms with Gasteiger partial charge in [0.15, 0.2) is 0 Å². The van der Waals surface area contributed by atoms with Crippen LogP contribution in [0.25, 0.3) is 22.8 Å². The Morgan fingerprint density at radius 1 is 0.697 bits per heavy atom. The molecule has 0 amide bonds. The van der Waals surface area contributed by atoms with Crippen molar-refractivity contribution in [1.82, 2.24) is 30.1 Å². The van der Waals surface area contributed by atoms with Gasteiger partial charge in [-0.3, -0.25) is 9.80 Å². The Balaban J connectivity index is 1.12. The first-order chi connectivity index (χ1) is 16.2. The Morgan fingerprint density at radius 3 is 1.61 bits per heavy atom. The molecule has 33 heavy (non-hydrogen) atoms. The minimum atomic E-state index is 0.639. The molecule has 0 unspecified atom stereocenters. The average molecular weight is 445 g/mol. The number of hydrogen-bond donors (Lipinski definition) is 0. The van der Waals surface area contributed by atoms with Gasteiger partial charge in [-0.05, 0) is 18.9 Å². The number of piperazine rings is 1. The third kappa shape index (κ3) is 5.18. The van der Waals surface area contributed by atoms with Crippen LogP contribution in [-0.4, -0.2) is 56.3 Å². The molecule has 0 aliphatic carbocycles. The van der Waals surface area contributed by atoms with E-state index in [1.807, 2.05) is 24.3 Å². The van der Waals surface area contributed by atoms with Crippen molar-refractivity contribution in [2.75, 3.05) is 26.2 Å². The summed E-state index contributed by atoms with van der Waals surface area (Å²) in [5, 5.41) is 8.30. The Labute approximate surface area is 193 Å². The lowest BCUT2D eigenvalue weighted by molar-refractivity contribution is 0.103. The molecule has 0 atom stereocenters. The highest BCUT2D eigenvalue weighted by Crippen LogP contribution is 2.19. The zero-order valence-electron chi connectivity index (χ0n) is 19.1. The lowest BCUT2D eigenvalue weighted by atomic mass is 10.1. The Bertz CT molecular complexity index is 1170. The molecule has 8 nitrogen and oxygen atoms in total. The van der Waals surface area contributed by atoms with Crippen LogP contribution < -0.4 is 0 Å². The summed E-state index contributed by atoms with van der Waals surface area (Å²) >= 11 is 0. The van der Waals surface area contributed by atoms with E-state index >= 15 is 0 Å². The molecule has 8 heteroatoms. The van der Waals surface area contributed by atoms with E-state index in [2.05, 4.69) is 68.2 Å². The fraction of sp³-hybridized carbons (Fsp3) is 0.360. The number of rotatable bonds is 7. The molecule has 1 saturated heterocycles. The minimum Gasteiger partial charge on any atom is -0.338 e. The molecule has 0 spiro atoms. The molecular formula is C25H28N6O2. The fourth-order valence-corrected chi connectivity index (χ4v) is 3.95. The van der Waals surface area contributed by atoms with Crippen LogP contribution >= 0.6 is 0 Å². The molecule has 170 valence electrons. The van der Waals surface area contributed by atoms with Crippen LogP contribution in [0.2, 0.25) is 0 Å². The molecule has 4 aromatic rings. The highest BCUT2D eigenvalue weighted by molar-refractivity contribution is 5.55. The van der Waals surface area contributed by atoms with Gasteiger partial charge < -0.3 is 9.05 Å². The molecule has 1 aliphatic rings. The number of nitrogens with zero attached hydrogens (tertiary/aromatic N) is 6. The maximum Gasteiger partial charge on any atom is 0.241 e. The predicted octanol–water partition coefficient (Wildman–Crippen LogP) is 3.98. The first-order valence-corrected chi connectivity index (χ1v) is 11.4. The van der Waals surface area contributed by atoms with E-state index < -0.39 is 0 Å². The van der Waals surface area contributed by atoms with E-state index in [-0.39, 0.29) is 0 Å². The van der Waals surface area contributed by atoms with Crippen LogP contribution in [0, 0.1) is 6.92 Å². The van der Waals surface area contributed by atoms with Gasteiger partial charge in [-0.1, -0.05) is 71.3 Å². The van der Waals surface area contributed by atoms with Crippen LogP contribution in [0.15, 0.2) is 57.6 Å². The predicted molar refractivity (Wildman–Crippen MR) is 124 cm³/mol. The summed E-state index contributed by atoms with van der Waals surface area (Å²) < 4.78 is 11.0. The summed E-state index contributed by atoms with van der Waals surface area (Å²) in [6, 6.07) is 16.5. The van der Waals surface area contributed by atoms with Gasteiger partial charge in [-0.25, -0.2) is 0 Å². The van der Waals surface area contributed by atoms with Gasteiger partial charge in [-0.15, -0.1) is 0 Å². The molecule has 2 aromatic carbocycles. The molecule has 1 aliphatic heterocycles. The second-order valence-corrected chi connectivity index (χ2v) is 8.49. The van der Waals surface area contributed by atoms with E-state index in [4.69, 9.17) is 9.05 Å². The normalized spacial score (nSPS) is 15.2. The van der Waals surface area contributed by atoms with Gasteiger partial charge in [0.2, 0.25) is 23.4 Å². The highest BCUT2D eigenvalue weighted by atomic mass is 16.5. The fourth-order valence-electron chi connectivity index (χ4n) is 3.95. The van der Waals surface area contributed by atoms with Gasteiger partial charge in [0.25, 0.3) is 0 Å². The van der Waals surface area contributed by atoms with E-state index in [0.29, 0.717) is 36.5 Å². The van der Waals surface area contributed by atoms with E-state index in [1.54, 1.807) is 0 Å². The molecule has 2 aromatic heterocycles. The van der Waals surface area contributed by atoms with Crippen molar-refractivity contribution in [3.63, 3.8) is 0 Å². The van der Waals surface area contributed by atoms with Crippen molar-refractivity contribution >= 4 is 0 Å². The summed E-state index contributed by atoms with van der Waals surface area (Å²) in [5.74, 6) is 2.58. The maximum atomic E-state index is 5.50. The summed E-state index contributed by atoms with van der Waals surface area (Å²) in [5.41, 5.74) is 4.47. The SMILES string of the molecule is CCc1ccc(-c2noc(CN3CCN(Cc4nc(-c5ccc(C)cc5)no4)CC3)n2)cc1. The Hall–Kier alpha value is -3.36. The van der Waals surface area contributed by atoms with Gasteiger partial charge in [0, 0.05) is 37.3 Å². The van der Waals surface area contributed by atoms with Gasteiger partial charge in [-0.2, -0.15) is 9.97 Å². The quantitative estimate of drug-likeness (QED) is 0.423. The van der Waals surface area contributed by atoms with Crippen molar-refractivity contribution in [2.24, 2.45) is 0 Å². The standard InChI is InChI=1S/C25H28N6O2/c1-3-19-6-10-21(11-7-19)25-27-23(33-29-25)17-31-14-12-30(13-15-31)16-22-26-24(28-32-22)20-8-4-18(2)5-9-20/h4-11H,3,12-17H2,1-2H3. The minimum absolute atomic E-state index is 0.639. The van der Waals surface area contributed by atoms with E-state index in [0.717, 1.165) is 43.7 Å². The number of benzene rings is 2. The second kappa shape index (κ2) is 9.64. The topological polar surface area (TPSA) is 84.3 Å². The van der Waals surface area contributed by atoms with Gasteiger partial charge >= 0.3 is 0 Å². The molecule has 0 saturated carbocycles. The largest absolute Gasteiger partial charge is 0.338 e. The van der Waals surface area contributed by atoms with Crippen LogP contribution in [0.5, 0.6) is 0 Å². The lowest BCUT2D eigenvalue weighted by Gasteiger charge is -2.32. The highest BCUT2D eigenvalue weighted by Gasteiger charge is 2.21.